The van der Waals surface area contributed by atoms with E-state index in [1.54, 1.807) is 0 Å². The molecule has 4 nitrogen and oxygen atoms in total. The van der Waals surface area contributed by atoms with Crippen LogP contribution >= 0.6 is 0 Å². The van der Waals surface area contributed by atoms with Gasteiger partial charge < -0.3 is 19.9 Å². The van der Waals surface area contributed by atoms with E-state index in [1.165, 1.54) is 19.3 Å². The first-order valence-electron chi connectivity index (χ1n) is 6.89. The predicted octanol–water partition coefficient (Wildman–Crippen LogP) is 0.790. The van der Waals surface area contributed by atoms with Crippen LogP contribution in [0.3, 0.4) is 0 Å². The van der Waals surface area contributed by atoms with Crippen molar-refractivity contribution in [2.75, 3.05) is 39.5 Å². The summed E-state index contributed by atoms with van der Waals surface area (Å²) in [4.78, 5) is 0. The number of aliphatic hydroxyl groups is 1. The molecule has 1 heterocycles. The number of aliphatic hydroxyl groups excluding tert-OH is 1. The lowest BCUT2D eigenvalue weighted by molar-refractivity contribution is 0.0325. The van der Waals surface area contributed by atoms with Crippen LogP contribution < -0.4 is 5.32 Å². The van der Waals surface area contributed by atoms with E-state index in [1.807, 2.05) is 0 Å². The normalized spacial score (nSPS) is 26.3. The second-order valence-corrected chi connectivity index (χ2v) is 5.36. The van der Waals surface area contributed by atoms with Crippen molar-refractivity contribution < 1.29 is 14.6 Å². The molecule has 0 aromatic carbocycles. The van der Waals surface area contributed by atoms with Crippen LogP contribution in [-0.4, -0.2) is 50.7 Å². The summed E-state index contributed by atoms with van der Waals surface area (Å²) in [5.74, 6) is 1.49. The van der Waals surface area contributed by atoms with Crippen molar-refractivity contribution in [3.05, 3.63) is 0 Å². The molecule has 2 rings (SSSR count). The van der Waals surface area contributed by atoms with Crippen LogP contribution in [0.5, 0.6) is 0 Å². The number of hydrogen-bond acceptors (Lipinski definition) is 4. The largest absolute Gasteiger partial charge is 0.389 e. The molecule has 0 amide bonds. The Kier molecular flexibility index (Phi) is 5.71. The van der Waals surface area contributed by atoms with E-state index in [0.717, 1.165) is 38.7 Å². The van der Waals surface area contributed by atoms with Gasteiger partial charge in [-0.25, -0.2) is 0 Å². The highest BCUT2D eigenvalue weighted by Gasteiger charge is 2.21. The lowest BCUT2D eigenvalue weighted by atomic mass is 10.1. The summed E-state index contributed by atoms with van der Waals surface area (Å²) in [6, 6.07) is 0. The third-order valence-electron chi connectivity index (χ3n) is 3.49. The SMILES string of the molecule is OC(CNCCC1CCOC1)COCC1CC1. The van der Waals surface area contributed by atoms with E-state index in [0.29, 0.717) is 19.1 Å². The van der Waals surface area contributed by atoms with E-state index in [9.17, 15) is 5.11 Å². The Morgan fingerprint density at radius 2 is 2.18 bits per heavy atom. The van der Waals surface area contributed by atoms with E-state index in [2.05, 4.69) is 5.32 Å². The smallest absolute Gasteiger partial charge is 0.0897 e. The number of nitrogens with one attached hydrogen (secondary N) is 1. The van der Waals surface area contributed by atoms with Gasteiger partial charge in [-0.2, -0.15) is 0 Å². The Bertz CT molecular complexity index is 203. The molecule has 1 saturated carbocycles. The molecule has 0 spiro atoms. The van der Waals surface area contributed by atoms with Crippen LogP contribution in [0, 0.1) is 11.8 Å². The van der Waals surface area contributed by atoms with E-state index < -0.39 is 0 Å². The van der Waals surface area contributed by atoms with Crippen molar-refractivity contribution >= 4 is 0 Å². The van der Waals surface area contributed by atoms with Gasteiger partial charge in [0, 0.05) is 26.4 Å². The minimum atomic E-state index is -0.367. The van der Waals surface area contributed by atoms with Crippen molar-refractivity contribution in [1.82, 2.24) is 5.32 Å². The van der Waals surface area contributed by atoms with E-state index in [-0.39, 0.29) is 6.10 Å². The fourth-order valence-corrected chi connectivity index (χ4v) is 2.10. The van der Waals surface area contributed by atoms with Crippen LogP contribution in [0.15, 0.2) is 0 Å². The minimum Gasteiger partial charge on any atom is -0.389 e. The molecule has 100 valence electrons. The van der Waals surface area contributed by atoms with Gasteiger partial charge in [0.2, 0.25) is 0 Å². The zero-order valence-electron chi connectivity index (χ0n) is 10.6. The zero-order valence-corrected chi connectivity index (χ0v) is 10.6. The van der Waals surface area contributed by atoms with E-state index >= 15 is 0 Å². The highest BCUT2D eigenvalue weighted by molar-refractivity contribution is 4.72. The van der Waals surface area contributed by atoms with Crippen molar-refractivity contribution in [2.45, 2.75) is 31.8 Å². The van der Waals surface area contributed by atoms with Gasteiger partial charge in [-0.15, -0.1) is 0 Å². The third-order valence-corrected chi connectivity index (χ3v) is 3.49. The molecule has 4 heteroatoms. The van der Waals surface area contributed by atoms with Crippen molar-refractivity contribution in [3.63, 3.8) is 0 Å². The van der Waals surface area contributed by atoms with Gasteiger partial charge in [-0.3, -0.25) is 0 Å². The highest BCUT2D eigenvalue weighted by atomic mass is 16.5. The van der Waals surface area contributed by atoms with Crippen molar-refractivity contribution in [3.8, 4) is 0 Å². The van der Waals surface area contributed by atoms with Gasteiger partial charge >= 0.3 is 0 Å². The number of hydrogen-bond donors (Lipinski definition) is 2. The monoisotopic (exact) mass is 243 g/mol. The van der Waals surface area contributed by atoms with Crippen molar-refractivity contribution in [2.24, 2.45) is 11.8 Å². The third kappa shape index (κ3) is 5.82. The number of rotatable bonds is 9. The molecule has 0 radical (unpaired) electrons. The summed E-state index contributed by atoms with van der Waals surface area (Å²) in [6.45, 7) is 4.73. The predicted molar refractivity (Wildman–Crippen MR) is 66.0 cm³/mol. The Hall–Kier alpha value is -0.160. The Balaban J connectivity index is 1.38. The molecule has 2 aliphatic rings. The molecule has 1 aliphatic heterocycles. The van der Waals surface area contributed by atoms with Crippen LogP contribution in [-0.2, 0) is 9.47 Å². The molecule has 17 heavy (non-hydrogen) atoms. The Morgan fingerprint density at radius 3 is 2.88 bits per heavy atom. The van der Waals surface area contributed by atoms with Gasteiger partial charge in [0.25, 0.3) is 0 Å². The number of ether oxygens (including phenoxy) is 2. The standard InChI is InChI=1S/C13H25NO3/c15-13(10-17-9-11-1-2-11)7-14-5-3-12-4-6-16-8-12/h11-15H,1-10H2. The van der Waals surface area contributed by atoms with Gasteiger partial charge in [0.05, 0.1) is 12.7 Å². The van der Waals surface area contributed by atoms with Gasteiger partial charge in [-0.1, -0.05) is 0 Å². The van der Waals surface area contributed by atoms with Crippen molar-refractivity contribution in [1.29, 1.82) is 0 Å². The Labute approximate surface area is 104 Å². The molecular weight excluding hydrogens is 218 g/mol. The summed E-state index contributed by atoms with van der Waals surface area (Å²) in [6.07, 6.45) is 4.58. The molecular formula is C13H25NO3. The summed E-state index contributed by atoms with van der Waals surface area (Å²) in [7, 11) is 0. The summed E-state index contributed by atoms with van der Waals surface area (Å²) >= 11 is 0. The fourth-order valence-electron chi connectivity index (χ4n) is 2.10. The van der Waals surface area contributed by atoms with Gasteiger partial charge in [0.1, 0.15) is 0 Å². The summed E-state index contributed by atoms with van der Waals surface area (Å²) in [5, 5.41) is 12.9. The first kappa shape index (κ1) is 13.3. The first-order chi connectivity index (χ1) is 8.34. The molecule has 0 bridgehead atoms. The molecule has 2 N–H and O–H groups in total. The second-order valence-electron chi connectivity index (χ2n) is 5.36. The van der Waals surface area contributed by atoms with Crippen LogP contribution in [0.25, 0.3) is 0 Å². The zero-order chi connectivity index (χ0) is 11.9. The summed E-state index contributed by atoms with van der Waals surface area (Å²) in [5.41, 5.74) is 0. The maximum atomic E-state index is 9.66. The molecule has 2 unspecified atom stereocenters. The highest BCUT2D eigenvalue weighted by Crippen LogP contribution is 2.28. The second kappa shape index (κ2) is 7.31. The maximum absolute atomic E-state index is 9.66. The van der Waals surface area contributed by atoms with Crippen LogP contribution in [0.4, 0.5) is 0 Å². The lowest BCUT2D eigenvalue weighted by Crippen LogP contribution is -2.32. The molecule has 0 aromatic rings. The maximum Gasteiger partial charge on any atom is 0.0897 e. The minimum absolute atomic E-state index is 0.367. The molecule has 1 aliphatic carbocycles. The molecule has 2 fully saturated rings. The summed E-state index contributed by atoms with van der Waals surface area (Å²) < 4.78 is 10.8. The fraction of sp³-hybridized carbons (Fsp3) is 1.00. The van der Waals surface area contributed by atoms with Crippen LogP contribution in [0.1, 0.15) is 25.7 Å². The van der Waals surface area contributed by atoms with E-state index in [4.69, 9.17) is 9.47 Å². The Morgan fingerprint density at radius 1 is 1.29 bits per heavy atom. The average Bonchev–Trinajstić information content (AvgIpc) is 3.00. The molecule has 0 aromatic heterocycles. The van der Waals surface area contributed by atoms with Gasteiger partial charge in [0.15, 0.2) is 0 Å². The lowest BCUT2D eigenvalue weighted by Gasteiger charge is -2.13. The first-order valence-corrected chi connectivity index (χ1v) is 6.89. The topological polar surface area (TPSA) is 50.7 Å². The van der Waals surface area contributed by atoms with Crippen LogP contribution in [0.2, 0.25) is 0 Å². The quantitative estimate of drug-likeness (QED) is 0.588. The molecule has 2 atom stereocenters. The molecule has 1 saturated heterocycles. The average molecular weight is 243 g/mol. The van der Waals surface area contributed by atoms with Gasteiger partial charge in [-0.05, 0) is 44.1 Å².